The van der Waals surface area contributed by atoms with Gasteiger partial charge in [0.1, 0.15) is 5.76 Å². The first kappa shape index (κ1) is 13.6. The second-order valence-corrected chi connectivity index (χ2v) is 6.39. The smallest absolute Gasteiger partial charge is 0.123 e. The second kappa shape index (κ2) is 5.89. The average Bonchev–Trinajstić information content (AvgIpc) is 3.01. The van der Waals surface area contributed by atoms with Gasteiger partial charge < -0.3 is 14.5 Å². The second-order valence-electron chi connectivity index (χ2n) is 6.39. The SMILES string of the molecule is CC(C)(C)CCOCc1ccoc1CNC1CC1. The van der Waals surface area contributed by atoms with Crippen LogP contribution in [-0.4, -0.2) is 12.6 Å². The van der Waals surface area contributed by atoms with Gasteiger partial charge in [-0.2, -0.15) is 0 Å². The molecule has 0 aromatic carbocycles. The van der Waals surface area contributed by atoms with E-state index in [0.29, 0.717) is 18.1 Å². The third kappa shape index (κ3) is 4.83. The molecule has 3 nitrogen and oxygen atoms in total. The van der Waals surface area contributed by atoms with Crippen molar-refractivity contribution < 1.29 is 9.15 Å². The summed E-state index contributed by atoms with van der Waals surface area (Å²) >= 11 is 0. The number of hydrogen-bond donors (Lipinski definition) is 1. The van der Waals surface area contributed by atoms with Crippen LogP contribution in [0.15, 0.2) is 16.7 Å². The first-order valence-corrected chi connectivity index (χ1v) is 6.91. The van der Waals surface area contributed by atoms with Crippen LogP contribution in [0.5, 0.6) is 0 Å². The fourth-order valence-electron chi connectivity index (χ4n) is 1.74. The Balaban J connectivity index is 1.69. The lowest BCUT2D eigenvalue weighted by molar-refractivity contribution is 0.0951. The van der Waals surface area contributed by atoms with Crippen LogP contribution in [-0.2, 0) is 17.9 Å². The molecule has 0 spiro atoms. The summed E-state index contributed by atoms with van der Waals surface area (Å²) in [4.78, 5) is 0. The van der Waals surface area contributed by atoms with Gasteiger partial charge in [0.05, 0.1) is 19.4 Å². The molecule has 1 aromatic heterocycles. The maximum absolute atomic E-state index is 5.73. The minimum Gasteiger partial charge on any atom is -0.468 e. The Kier molecular flexibility index (Phi) is 4.46. The summed E-state index contributed by atoms with van der Waals surface area (Å²) in [6.07, 6.45) is 5.45. The Morgan fingerprint density at radius 3 is 2.83 bits per heavy atom. The third-order valence-electron chi connectivity index (χ3n) is 3.22. The van der Waals surface area contributed by atoms with Crippen LogP contribution in [0.2, 0.25) is 0 Å². The molecule has 1 heterocycles. The average molecular weight is 251 g/mol. The fourth-order valence-corrected chi connectivity index (χ4v) is 1.74. The van der Waals surface area contributed by atoms with Gasteiger partial charge in [-0.25, -0.2) is 0 Å². The monoisotopic (exact) mass is 251 g/mol. The molecular weight excluding hydrogens is 226 g/mol. The Morgan fingerprint density at radius 1 is 1.39 bits per heavy atom. The zero-order valence-corrected chi connectivity index (χ0v) is 11.8. The Labute approximate surface area is 110 Å². The number of ether oxygens (including phenoxy) is 1. The Bertz CT molecular complexity index is 361. The summed E-state index contributed by atoms with van der Waals surface area (Å²) in [6.45, 7) is 9.01. The zero-order chi connectivity index (χ0) is 13.0. The molecule has 1 fully saturated rings. The predicted octanol–water partition coefficient (Wildman–Crippen LogP) is 3.48. The van der Waals surface area contributed by atoms with Crippen LogP contribution in [0.1, 0.15) is 51.4 Å². The van der Waals surface area contributed by atoms with Gasteiger partial charge in [-0.1, -0.05) is 20.8 Å². The van der Waals surface area contributed by atoms with E-state index in [1.54, 1.807) is 6.26 Å². The molecule has 0 unspecified atom stereocenters. The van der Waals surface area contributed by atoms with E-state index in [9.17, 15) is 0 Å². The van der Waals surface area contributed by atoms with Crippen molar-refractivity contribution in [3.63, 3.8) is 0 Å². The van der Waals surface area contributed by atoms with E-state index in [1.165, 1.54) is 18.4 Å². The largest absolute Gasteiger partial charge is 0.468 e. The molecule has 1 aliphatic rings. The molecule has 1 N–H and O–H groups in total. The van der Waals surface area contributed by atoms with Crippen molar-refractivity contribution in [3.05, 3.63) is 23.7 Å². The highest BCUT2D eigenvalue weighted by atomic mass is 16.5. The minimum absolute atomic E-state index is 0.340. The van der Waals surface area contributed by atoms with Gasteiger partial charge in [0, 0.05) is 18.2 Å². The van der Waals surface area contributed by atoms with Crippen molar-refractivity contribution in [1.29, 1.82) is 0 Å². The van der Waals surface area contributed by atoms with Crippen molar-refractivity contribution >= 4 is 0 Å². The van der Waals surface area contributed by atoms with Gasteiger partial charge in [-0.15, -0.1) is 0 Å². The molecule has 1 aromatic rings. The van der Waals surface area contributed by atoms with Crippen LogP contribution in [0.4, 0.5) is 0 Å². The highest BCUT2D eigenvalue weighted by Gasteiger charge is 2.21. The fraction of sp³-hybridized carbons (Fsp3) is 0.733. The summed E-state index contributed by atoms with van der Waals surface area (Å²) in [7, 11) is 0. The summed E-state index contributed by atoms with van der Waals surface area (Å²) < 4.78 is 11.2. The third-order valence-corrected chi connectivity index (χ3v) is 3.22. The molecule has 0 radical (unpaired) electrons. The van der Waals surface area contributed by atoms with E-state index in [-0.39, 0.29) is 0 Å². The minimum atomic E-state index is 0.340. The highest BCUT2D eigenvalue weighted by molar-refractivity contribution is 5.16. The van der Waals surface area contributed by atoms with Crippen molar-refractivity contribution in [1.82, 2.24) is 5.32 Å². The van der Waals surface area contributed by atoms with Gasteiger partial charge in [0.25, 0.3) is 0 Å². The molecule has 102 valence electrons. The highest BCUT2D eigenvalue weighted by Crippen LogP contribution is 2.21. The first-order chi connectivity index (χ1) is 8.54. The van der Waals surface area contributed by atoms with E-state index in [4.69, 9.17) is 9.15 Å². The molecule has 0 bridgehead atoms. The van der Waals surface area contributed by atoms with E-state index in [0.717, 1.165) is 25.3 Å². The normalized spacial score (nSPS) is 16.2. The summed E-state index contributed by atoms with van der Waals surface area (Å²) in [5, 5.41) is 3.46. The molecular formula is C15H25NO2. The molecule has 0 saturated heterocycles. The van der Waals surface area contributed by atoms with Crippen molar-refractivity contribution in [2.24, 2.45) is 5.41 Å². The van der Waals surface area contributed by atoms with E-state index in [1.807, 2.05) is 6.07 Å². The number of hydrogen-bond acceptors (Lipinski definition) is 3. The standard InChI is InChI=1S/C15H25NO2/c1-15(2,3)7-9-17-11-12-6-8-18-14(12)10-16-13-4-5-13/h6,8,13,16H,4-5,7,9-11H2,1-3H3. The lowest BCUT2D eigenvalue weighted by Crippen LogP contribution is -2.16. The molecule has 0 amide bonds. The molecule has 0 aliphatic heterocycles. The maximum Gasteiger partial charge on any atom is 0.123 e. The predicted molar refractivity (Wildman–Crippen MR) is 72.3 cm³/mol. The van der Waals surface area contributed by atoms with Crippen LogP contribution in [0.25, 0.3) is 0 Å². The van der Waals surface area contributed by atoms with Crippen molar-refractivity contribution in [2.45, 2.75) is 59.2 Å². The lowest BCUT2D eigenvalue weighted by atomic mass is 9.93. The topological polar surface area (TPSA) is 34.4 Å². The first-order valence-electron chi connectivity index (χ1n) is 6.91. The number of nitrogens with one attached hydrogen (secondary N) is 1. The number of rotatable bonds is 7. The molecule has 18 heavy (non-hydrogen) atoms. The lowest BCUT2D eigenvalue weighted by Gasteiger charge is -2.17. The Morgan fingerprint density at radius 2 is 2.17 bits per heavy atom. The quantitative estimate of drug-likeness (QED) is 0.753. The summed E-state index contributed by atoms with van der Waals surface area (Å²) in [6, 6.07) is 2.73. The Hall–Kier alpha value is -0.800. The number of furan rings is 1. The van der Waals surface area contributed by atoms with Crippen LogP contribution in [0, 0.1) is 5.41 Å². The molecule has 0 atom stereocenters. The molecule has 3 heteroatoms. The van der Waals surface area contributed by atoms with E-state index in [2.05, 4.69) is 26.1 Å². The molecule has 2 rings (SSSR count). The van der Waals surface area contributed by atoms with Gasteiger partial charge >= 0.3 is 0 Å². The van der Waals surface area contributed by atoms with E-state index < -0.39 is 0 Å². The molecule has 1 saturated carbocycles. The molecule has 1 aliphatic carbocycles. The van der Waals surface area contributed by atoms with Crippen molar-refractivity contribution in [2.75, 3.05) is 6.61 Å². The van der Waals surface area contributed by atoms with Crippen LogP contribution in [0.3, 0.4) is 0 Å². The van der Waals surface area contributed by atoms with Gasteiger partial charge in [0.2, 0.25) is 0 Å². The van der Waals surface area contributed by atoms with Gasteiger partial charge in [0.15, 0.2) is 0 Å². The zero-order valence-electron chi connectivity index (χ0n) is 11.8. The van der Waals surface area contributed by atoms with Gasteiger partial charge in [-0.3, -0.25) is 0 Å². The summed E-state index contributed by atoms with van der Waals surface area (Å²) in [5.74, 6) is 1.03. The van der Waals surface area contributed by atoms with E-state index >= 15 is 0 Å². The maximum atomic E-state index is 5.73. The van der Waals surface area contributed by atoms with Crippen LogP contribution < -0.4 is 5.32 Å². The van der Waals surface area contributed by atoms with Crippen LogP contribution >= 0.6 is 0 Å². The summed E-state index contributed by atoms with van der Waals surface area (Å²) in [5.41, 5.74) is 1.52. The van der Waals surface area contributed by atoms with Gasteiger partial charge in [-0.05, 0) is 30.7 Å². The van der Waals surface area contributed by atoms with Crippen molar-refractivity contribution in [3.8, 4) is 0 Å².